The monoisotopic (exact) mass is 386 g/mol. The highest BCUT2D eigenvalue weighted by molar-refractivity contribution is 6.04. The summed E-state index contributed by atoms with van der Waals surface area (Å²) < 4.78 is 10.6. The maximum absolute atomic E-state index is 12.2. The SMILES string of the molecule is CN=C(NC#N)NCCCCN1N=C(c2ccc(OC)c(OC)c2)CCC1=O. The van der Waals surface area contributed by atoms with E-state index < -0.39 is 0 Å². The van der Waals surface area contributed by atoms with Gasteiger partial charge in [-0.05, 0) is 31.0 Å². The van der Waals surface area contributed by atoms with Gasteiger partial charge in [0.15, 0.2) is 17.7 Å². The minimum absolute atomic E-state index is 0.0270. The summed E-state index contributed by atoms with van der Waals surface area (Å²) >= 11 is 0. The molecule has 2 N–H and O–H groups in total. The molecule has 0 saturated heterocycles. The first kappa shape index (κ1) is 21.0. The molecule has 1 aliphatic rings. The molecule has 0 radical (unpaired) electrons. The Kier molecular flexibility index (Phi) is 8.09. The Labute approximate surface area is 165 Å². The number of hydrazone groups is 1. The molecule has 28 heavy (non-hydrogen) atoms. The van der Waals surface area contributed by atoms with Crippen LogP contribution in [0.5, 0.6) is 11.5 Å². The van der Waals surface area contributed by atoms with Crippen LogP contribution in [0.2, 0.25) is 0 Å². The zero-order valence-corrected chi connectivity index (χ0v) is 16.5. The number of amides is 1. The third-order valence-electron chi connectivity index (χ3n) is 4.31. The van der Waals surface area contributed by atoms with Gasteiger partial charge >= 0.3 is 0 Å². The fraction of sp³-hybridized carbons (Fsp3) is 0.474. The van der Waals surface area contributed by atoms with Gasteiger partial charge in [-0.15, -0.1) is 0 Å². The number of nitrogens with zero attached hydrogens (tertiary/aromatic N) is 4. The number of guanidine groups is 1. The fourth-order valence-corrected chi connectivity index (χ4v) is 2.82. The predicted octanol–water partition coefficient (Wildman–Crippen LogP) is 1.46. The molecule has 0 fully saturated rings. The molecule has 1 amide bonds. The molecular formula is C19H26N6O3. The van der Waals surface area contributed by atoms with Gasteiger partial charge in [0.1, 0.15) is 0 Å². The normalized spacial score (nSPS) is 14.2. The van der Waals surface area contributed by atoms with Gasteiger partial charge in [0, 0.05) is 38.5 Å². The maximum atomic E-state index is 12.2. The van der Waals surface area contributed by atoms with Crippen LogP contribution < -0.4 is 20.1 Å². The van der Waals surface area contributed by atoms with Crippen LogP contribution in [-0.4, -0.2) is 56.9 Å². The lowest BCUT2D eigenvalue weighted by Crippen LogP contribution is -2.36. The second kappa shape index (κ2) is 10.8. The number of hydrogen-bond donors (Lipinski definition) is 2. The largest absolute Gasteiger partial charge is 0.493 e. The molecule has 9 heteroatoms. The number of unbranched alkanes of at least 4 members (excludes halogenated alkanes) is 1. The van der Waals surface area contributed by atoms with Gasteiger partial charge in [0.05, 0.1) is 19.9 Å². The first-order valence-corrected chi connectivity index (χ1v) is 9.09. The number of methoxy groups -OCH3 is 2. The van der Waals surface area contributed by atoms with E-state index in [1.165, 1.54) is 5.01 Å². The summed E-state index contributed by atoms with van der Waals surface area (Å²) in [6.45, 7) is 1.19. The molecule has 0 atom stereocenters. The van der Waals surface area contributed by atoms with Crippen molar-refractivity contribution in [2.45, 2.75) is 25.7 Å². The number of hydrogen-bond acceptors (Lipinski definition) is 6. The van der Waals surface area contributed by atoms with Gasteiger partial charge in [0.2, 0.25) is 11.9 Å². The quantitative estimate of drug-likeness (QED) is 0.230. The lowest BCUT2D eigenvalue weighted by atomic mass is 10.0. The molecule has 1 aromatic carbocycles. The summed E-state index contributed by atoms with van der Waals surface area (Å²) in [5.41, 5.74) is 1.78. The van der Waals surface area contributed by atoms with E-state index in [1.54, 1.807) is 21.3 Å². The van der Waals surface area contributed by atoms with Crippen molar-refractivity contribution in [1.82, 2.24) is 15.6 Å². The van der Waals surface area contributed by atoms with Crippen LogP contribution in [0.1, 0.15) is 31.2 Å². The molecule has 0 spiro atoms. The molecule has 0 unspecified atom stereocenters. The second-order valence-corrected chi connectivity index (χ2v) is 6.08. The van der Waals surface area contributed by atoms with E-state index in [1.807, 2.05) is 24.4 Å². The molecule has 2 rings (SSSR count). The van der Waals surface area contributed by atoms with E-state index >= 15 is 0 Å². The second-order valence-electron chi connectivity index (χ2n) is 6.08. The van der Waals surface area contributed by atoms with Gasteiger partial charge in [-0.1, -0.05) is 0 Å². The van der Waals surface area contributed by atoms with Gasteiger partial charge in [-0.25, -0.2) is 5.01 Å². The van der Waals surface area contributed by atoms with Crippen molar-refractivity contribution in [3.8, 4) is 17.7 Å². The average molecular weight is 386 g/mol. The van der Waals surface area contributed by atoms with Crippen LogP contribution in [0, 0.1) is 11.5 Å². The minimum Gasteiger partial charge on any atom is -0.493 e. The number of benzene rings is 1. The lowest BCUT2D eigenvalue weighted by molar-refractivity contribution is -0.131. The molecule has 0 saturated carbocycles. The smallest absolute Gasteiger partial charge is 0.243 e. The zero-order chi connectivity index (χ0) is 20.4. The molecule has 0 aliphatic carbocycles. The first-order valence-electron chi connectivity index (χ1n) is 9.09. The Balaban J connectivity index is 1.94. The predicted molar refractivity (Wildman–Crippen MR) is 106 cm³/mol. The van der Waals surface area contributed by atoms with Crippen molar-refractivity contribution in [2.75, 3.05) is 34.4 Å². The Morgan fingerprint density at radius 1 is 1.29 bits per heavy atom. The first-order chi connectivity index (χ1) is 13.6. The maximum Gasteiger partial charge on any atom is 0.243 e. The van der Waals surface area contributed by atoms with Crippen molar-refractivity contribution in [2.24, 2.45) is 10.1 Å². The fourth-order valence-electron chi connectivity index (χ4n) is 2.82. The third kappa shape index (κ3) is 5.61. The number of ether oxygens (including phenoxy) is 2. The van der Waals surface area contributed by atoms with Crippen molar-refractivity contribution in [3.63, 3.8) is 0 Å². The number of aliphatic imine (C=N–C) groups is 1. The highest BCUT2D eigenvalue weighted by Crippen LogP contribution is 2.29. The molecule has 1 heterocycles. The summed E-state index contributed by atoms with van der Waals surface area (Å²) in [5, 5.41) is 20.2. The Hall–Kier alpha value is -3.28. The number of nitriles is 1. The van der Waals surface area contributed by atoms with Crippen LogP contribution in [0.4, 0.5) is 0 Å². The summed E-state index contributed by atoms with van der Waals surface area (Å²) in [6, 6.07) is 5.64. The van der Waals surface area contributed by atoms with Crippen LogP contribution in [0.15, 0.2) is 28.3 Å². The number of rotatable bonds is 8. The van der Waals surface area contributed by atoms with Crippen LogP contribution in [0.3, 0.4) is 0 Å². The highest BCUT2D eigenvalue weighted by atomic mass is 16.5. The van der Waals surface area contributed by atoms with Gasteiger partial charge in [-0.2, -0.15) is 10.4 Å². The third-order valence-corrected chi connectivity index (χ3v) is 4.31. The van der Waals surface area contributed by atoms with Crippen molar-refractivity contribution >= 4 is 17.6 Å². The Bertz CT molecular complexity index is 784. The number of nitrogens with one attached hydrogen (secondary N) is 2. The molecule has 1 aromatic rings. The van der Waals surface area contributed by atoms with Crippen molar-refractivity contribution in [3.05, 3.63) is 23.8 Å². The minimum atomic E-state index is 0.0270. The van der Waals surface area contributed by atoms with Crippen LogP contribution in [0.25, 0.3) is 0 Å². The lowest BCUT2D eigenvalue weighted by Gasteiger charge is -2.24. The summed E-state index contributed by atoms with van der Waals surface area (Å²) in [6.07, 6.45) is 4.46. The van der Waals surface area contributed by atoms with E-state index in [2.05, 4.69) is 20.7 Å². The van der Waals surface area contributed by atoms with Crippen molar-refractivity contribution < 1.29 is 14.3 Å². The highest BCUT2D eigenvalue weighted by Gasteiger charge is 2.21. The van der Waals surface area contributed by atoms with Gasteiger partial charge in [0.25, 0.3) is 0 Å². The van der Waals surface area contributed by atoms with E-state index in [4.69, 9.17) is 14.7 Å². The van der Waals surface area contributed by atoms with Crippen LogP contribution >= 0.6 is 0 Å². The van der Waals surface area contributed by atoms with E-state index in [0.29, 0.717) is 43.4 Å². The molecular weight excluding hydrogens is 360 g/mol. The average Bonchev–Trinajstić information content (AvgIpc) is 2.73. The van der Waals surface area contributed by atoms with Crippen molar-refractivity contribution in [1.29, 1.82) is 5.26 Å². The number of carbonyl (C=O) groups is 1. The van der Waals surface area contributed by atoms with Crippen LogP contribution in [-0.2, 0) is 4.79 Å². The summed E-state index contributed by atoms with van der Waals surface area (Å²) in [4.78, 5) is 16.1. The Morgan fingerprint density at radius 3 is 2.75 bits per heavy atom. The summed E-state index contributed by atoms with van der Waals surface area (Å²) in [5.74, 6) is 1.75. The Morgan fingerprint density at radius 2 is 2.07 bits per heavy atom. The van der Waals surface area contributed by atoms with E-state index in [-0.39, 0.29) is 5.91 Å². The zero-order valence-electron chi connectivity index (χ0n) is 16.5. The molecule has 150 valence electrons. The van der Waals surface area contributed by atoms with Gasteiger partial charge in [-0.3, -0.25) is 15.1 Å². The van der Waals surface area contributed by atoms with E-state index in [0.717, 1.165) is 24.1 Å². The topological polar surface area (TPSA) is 111 Å². The van der Waals surface area contributed by atoms with Gasteiger partial charge < -0.3 is 14.8 Å². The molecule has 0 bridgehead atoms. The summed E-state index contributed by atoms with van der Waals surface area (Å²) in [7, 11) is 4.79. The number of carbonyl (C=O) groups excluding carboxylic acids is 1. The van der Waals surface area contributed by atoms with E-state index in [9.17, 15) is 4.79 Å². The molecule has 9 nitrogen and oxygen atoms in total. The standard InChI is InChI=1S/C19H26N6O3/c1-21-19(23-13-20)22-10-4-5-11-25-18(26)9-7-15(24-25)14-6-8-16(27-2)17(12-14)28-3/h6,8,12H,4-5,7,9-11H2,1-3H3,(H2,21,22,23). The molecule has 1 aliphatic heterocycles. The molecule has 0 aromatic heterocycles.